The molecule has 2 N–H and O–H groups in total. The molecule has 4 aromatic rings. The molecule has 1 fully saturated rings. The Balaban J connectivity index is 1.38. The van der Waals surface area contributed by atoms with Gasteiger partial charge in [-0.05, 0) is 54.8 Å². The van der Waals surface area contributed by atoms with E-state index in [9.17, 15) is 14.0 Å². The van der Waals surface area contributed by atoms with Gasteiger partial charge in [0.1, 0.15) is 11.3 Å². The van der Waals surface area contributed by atoms with Crippen LogP contribution < -0.4 is 20.9 Å². The summed E-state index contributed by atoms with van der Waals surface area (Å²) in [6, 6.07) is 14.7. The summed E-state index contributed by atoms with van der Waals surface area (Å²) >= 11 is 0. The standard InChI is InChI=1S/C27H25FN6O4/c28-23-4-1-5-24(32-23)38-21-8-6-19(7-9-21)31-27-33-26(36)22(25(35)30-20-10-13-37-14-11-20)17-34(27)16-18-3-2-12-29-15-18/h1-9,12,15,17,20H,10-11,13-14,16H2,(H,30,35)(H,31,33,36). The van der Waals surface area contributed by atoms with Crippen LogP contribution in [0.25, 0.3) is 0 Å². The lowest BCUT2D eigenvalue weighted by Gasteiger charge is -2.23. The van der Waals surface area contributed by atoms with Gasteiger partial charge in [0.15, 0.2) is 0 Å². The summed E-state index contributed by atoms with van der Waals surface area (Å²) in [5.41, 5.74) is 0.799. The highest BCUT2D eigenvalue weighted by Crippen LogP contribution is 2.23. The van der Waals surface area contributed by atoms with Crippen molar-refractivity contribution in [2.75, 3.05) is 18.5 Å². The van der Waals surface area contributed by atoms with Crippen LogP contribution >= 0.6 is 0 Å². The molecule has 1 saturated heterocycles. The number of rotatable bonds is 8. The van der Waals surface area contributed by atoms with Crippen LogP contribution in [0.1, 0.15) is 28.8 Å². The van der Waals surface area contributed by atoms with Gasteiger partial charge < -0.3 is 24.7 Å². The number of amides is 1. The molecule has 3 aromatic heterocycles. The Labute approximate surface area is 217 Å². The summed E-state index contributed by atoms with van der Waals surface area (Å²) in [7, 11) is 0. The maximum atomic E-state index is 13.3. The third kappa shape index (κ3) is 6.37. The van der Waals surface area contributed by atoms with Crippen LogP contribution in [-0.4, -0.2) is 44.7 Å². The average molecular weight is 517 g/mol. The van der Waals surface area contributed by atoms with Crippen molar-refractivity contribution in [3.8, 4) is 11.6 Å². The van der Waals surface area contributed by atoms with Crippen LogP contribution in [-0.2, 0) is 11.3 Å². The summed E-state index contributed by atoms with van der Waals surface area (Å²) in [4.78, 5) is 37.8. The number of nitrogens with zero attached hydrogens (tertiary/aromatic N) is 4. The fraction of sp³-hybridized carbons (Fsp3) is 0.222. The molecule has 1 aliphatic heterocycles. The van der Waals surface area contributed by atoms with E-state index in [1.165, 1.54) is 18.3 Å². The van der Waals surface area contributed by atoms with Crippen molar-refractivity contribution in [3.05, 3.63) is 101 Å². The number of aromatic nitrogens is 4. The Hall–Kier alpha value is -4.64. The van der Waals surface area contributed by atoms with Gasteiger partial charge in [-0.15, -0.1) is 0 Å². The Kier molecular flexibility index (Phi) is 7.65. The van der Waals surface area contributed by atoms with Crippen LogP contribution in [0.3, 0.4) is 0 Å². The number of anilines is 2. The number of nitrogens with one attached hydrogen (secondary N) is 2. The van der Waals surface area contributed by atoms with Gasteiger partial charge >= 0.3 is 0 Å². The number of carbonyl (C=O) groups excluding carboxylic acids is 1. The minimum absolute atomic E-state index is 0.0442. The molecule has 5 rings (SSSR count). The normalized spacial score (nSPS) is 13.6. The second kappa shape index (κ2) is 11.6. The highest BCUT2D eigenvalue weighted by atomic mass is 19.1. The molecule has 0 saturated carbocycles. The van der Waals surface area contributed by atoms with E-state index in [0.717, 1.165) is 5.56 Å². The fourth-order valence-electron chi connectivity index (χ4n) is 3.96. The second-order valence-corrected chi connectivity index (χ2v) is 8.68. The van der Waals surface area contributed by atoms with Crippen molar-refractivity contribution in [2.45, 2.75) is 25.4 Å². The van der Waals surface area contributed by atoms with Gasteiger partial charge in [0, 0.05) is 49.6 Å². The summed E-state index contributed by atoms with van der Waals surface area (Å²) in [6.45, 7) is 1.47. The molecule has 1 amide bonds. The largest absolute Gasteiger partial charge is 0.439 e. The van der Waals surface area contributed by atoms with E-state index >= 15 is 0 Å². The van der Waals surface area contributed by atoms with Crippen molar-refractivity contribution in [1.82, 2.24) is 24.8 Å². The zero-order valence-electron chi connectivity index (χ0n) is 20.3. The monoisotopic (exact) mass is 516 g/mol. The van der Waals surface area contributed by atoms with Gasteiger partial charge in [-0.25, -0.2) is 0 Å². The van der Waals surface area contributed by atoms with Crippen molar-refractivity contribution in [3.63, 3.8) is 0 Å². The molecule has 10 nitrogen and oxygen atoms in total. The first-order chi connectivity index (χ1) is 18.5. The van der Waals surface area contributed by atoms with Crippen LogP contribution in [0.15, 0.2) is 78.0 Å². The lowest BCUT2D eigenvalue weighted by atomic mass is 10.1. The third-order valence-corrected chi connectivity index (χ3v) is 5.89. The van der Waals surface area contributed by atoms with Crippen LogP contribution in [0.2, 0.25) is 0 Å². The average Bonchev–Trinajstić information content (AvgIpc) is 2.92. The Morgan fingerprint density at radius 2 is 1.89 bits per heavy atom. The molecule has 0 unspecified atom stereocenters. The minimum atomic E-state index is -0.642. The fourth-order valence-corrected chi connectivity index (χ4v) is 3.96. The van der Waals surface area contributed by atoms with Crippen molar-refractivity contribution >= 4 is 17.5 Å². The molecular weight excluding hydrogens is 491 g/mol. The topological polar surface area (TPSA) is 120 Å². The summed E-state index contributed by atoms with van der Waals surface area (Å²) < 4.78 is 25.9. The van der Waals surface area contributed by atoms with Crippen molar-refractivity contribution < 1.29 is 18.7 Å². The zero-order valence-corrected chi connectivity index (χ0v) is 20.3. The highest BCUT2D eigenvalue weighted by Gasteiger charge is 2.21. The Morgan fingerprint density at radius 1 is 1.08 bits per heavy atom. The van der Waals surface area contributed by atoms with Crippen LogP contribution in [0.5, 0.6) is 11.6 Å². The number of pyridine rings is 2. The van der Waals surface area contributed by atoms with E-state index in [1.807, 2.05) is 12.1 Å². The molecule has 0 spiro atoms. The summed E-state index contributed by atoms with van der Waals surface area (Å²) in [5, 5.41) is 6.05. The number of carbonyl (C=O) groups is 1. The maximum Gasteiger partial charge on any atom is 0.287 e. The highest BCUT2D eigenvalue weighted by molar-refractivity contribution is 5.93. The number of benzene rings is 1. The zero-order chi connectivity index (χ0) is 26.3. The summed E-state index contributed by atoms with van der Waals surface area (Å²) in [6.07, 6.45) is 6.26. The molecule has 0 aliphatic carbocycles. The molecule has 38 heavy (non-hydrogen) atoms. The van der Waals surface area contributed by atoms with E-state index in [4.69, 9.17) is 9.47 Å². The first kappa shape index (κ1) is 25.0. The molecule has 4 heterocycles. The van der Waals surface area contributed by atoms with Crippen LogP contribution in [0.4, 0.5) is 16.0 Å². The molecule has 0 bridgehead atoms. The van der Waals surface area contributed by atoms with Gasteiger partial charge in [-0.2, -0.15) is 14.4 Å². The molecule has 194 valence electrons. The van der Waals surface area contributed by atoms with E-state index < -0.39 is 17.4 Å². The van der Waals surface area contributed by atoms with Gasteiger partial charge in [0.05, 0.1) is 6.54 Å². The number of hydrogen-bond acceptors (Lipinski definition) is 8. The Morgan fingerprint density at radius 3 is 2.63 bits per heavy atom. The molecular formula is C27H25FN6O4. The predicted octanol–water partition coefficient (Wildman–Crippen LogP) is 3.67. The molecule has 0 radical (unpaired) electrons. The SMILES string of the molecule is O=C(NC1CCOCC1)c1cn(Cc2cccnc2)c(Nc2ccc(Oc3cccc(F)n3)cc2)nc1=O. The van der Waals surface area contributed by atoms with E-state index in [2.05, 4.69) is 25.6 Å². The van der Waals surface area contributed by atoms with Gasteiger partial charge in [-0.3, -0.25) is 14.6 Å². The molecule has 1 aromatic carbocycles. The second-order valence-electron chi connectivity index (χ2n) is 8.68. The van der Waals surface area contributed by atoms with Crippen LogP contribution in [0, 0.1) is 5.95 Å². The Bertz CT molecular complexity index is 1460. The van der Waals surface area contributed by atoms with Crippen molar-refractivity contribution in [1.29, 1.82) is 0 Å². The van der Waals surface area contributed by atoms with Crippen molar-refractivity contribution in [2.24, 2.45) is 0 Å². The van der Waals surface area contributed by atoms with Gasteiger partial charge in [-0.1, -0.05) is 12.1 Å². The van der Waals surface area contributed by atoms with E-state index in [0.29, 0.717) is 44.0 Å². The minimum Gasteiger partial charge on any atom is -0.439 e. The maximum absolute atomic E-state index is 13.3. The molecule has 0 atom stereocenters. The number of halogens is 1. The quantitative estimate of drug-likeness (QED) is 0.341. The third-order valence-electron chi connectivity index (χ3n) is 5.89. The predicted molar refractivity (Wildman–Crippen MR) is 137 cm³/mol. The van der Waals surface area contributed by atoms with Gasteiger partial charge in [0.25, 0.3) is 11.5 Å². The molecule has 1 aliphatic rings. The summed E-state index contributed by atoms with van der Waals surface area (Å²) in [5.74, 6) is -0.264. The van der Waals surface area contributed by atoms with Gasteiger partial charge in [0.2, 0.25) is 17.8 Å². The first-order valence-electron chi connectivity index (χ1n) is 12.1. The lowest BCUT2D eigenvalue weighted by molar-refractivity contribution is 0.0695. The number of hydrogen-bond donors (Lipinski definition) is 2. The van der Waals surface area contributed by atoms with E-state index in [1.54, 1.807) is 47.3 Å². The first-order valence-corrected chi connectivity index (χ1v) is 12.1. The van der Waals surface area contributed by atoms with E-state index in [-0.39, 0.29) is 23.4 Å². The smallest absolute Gasteiger partial charge is 0.287 e. The lowest BCUT2D eigenvalue weighted by Crippen LogP contribution is -2.41. The number of ether oxygens (including phenoxy) is 2. The molecule has 11 heteroatoms.